The van der Waals surface area contributed by atoms with Crippen LogP contribution in [0.2, 0.25) is 0 Å². The van der Waals surface area contributed by atoms with Gasteiger partial charge in [0, 0.05) is 32.0 Å². The average molecular weight is 280 g/mol. The van der Waals surface area contributed by atoms with Crippen LogP contribution in [0.1, 0.15) is 30.6 Å². The summed E-state index contributed by atoms with van der Waals surface area (Å²) in [5.74, 6) is 1.99. The van der Waals surface area contributed by atoms with Crippen LogP contribution in [0.25, 0.3) is 0 Å². The zero-order chi connectivity index (χ0) is 13.1. The number of aromatic nitrogens is 4. The Morgan fingerprint density at radius 1 is 1.53 bits per heavy atom. The summed E-state index contributed by atoms with van der Waals surface area (Å²) >= 11 is 1.64. The van der Waals surface area contributed by atoms with E-state index in [4.69, 9.17) is 9.26 Å². The van der Waals surface area contributed by atoms with E-state index in [1.54, 1.807) is 18.9 Å². The van der Waals surface area contributed by atoms with Gasteiger partial charge in [0.1, 0.15) is 0 Å². The van der Waals surface area contributed by atoms with Crippen LogP contribution in [0.3, 0.4) is 0 Å². The van der Waals surface area contributed by atoms with Crippen LogP contribution >= 0.6 is 11.8 Å². The van der Waals surface area contributed by atoms with Crippen molar-refractivity contribution in [2.24, 2.45) is 0 Å². The largest absolute Gasteiger partial charge is 0.384 e. The molecule has 0 radical (unpaired) electrons. The van der Waals surface area contributed by atoms with E-state index in [0.29, 0.717) is 36.5 Å². The minimum absolute atomic E-state index is 0.609. The van der Waals surface area contributed by atoms with Crippen LogP contribution in [0.4, 0.5) is 0 Å². The Morgan fingerprint density at radius 2 is 2.42 bits per heavy atom. The minimum atomic E-state index is 0.609. The molecule has 7 heteroatoms. The second-order valence-corrected chi connectivity index (χ2v) is 5.43. The van der Waals surface area contributed by atoms with Gasteiger partial charge in [0.2, 0.25) is 5.89 Å². The summed E-state index contributed by atoms with van der Waals surface area (Å²) in [6, 6.07) is 0.643. The standard InChI is InChI=1S/C12H16N4O2S/c1-17-7-4-10-14-11(18-15-10)8-19-12-13-5-6-16(12)9-2-3-9/h5-6,9H,2-4,7-8H2,1H3. The molecular formula is C12H16N4O2S. The highest BCUT2D eigenvalue weighted by Crippen LogP contribution is 2.38. The molecule has 0 aromatic carbocycles. The first-order valence-corrected chi connectivity index (χ1v) is 7.31. The fourth-order valence-electron chi connectivity index (χ4n) is 1.81. The van der Waals surface area contributed by atoms with Gasteiger partial charge in [-0.1, -0.05) is 16.9 Å². The van der Waals surface area contributed by atoms with Crippen molar-refractivity contribution in [3.8, 4) is 0 Å². The molecule has 0 spiro atoms. The van der Waals surface area contributed by atoms with Gasteiger partial charge in [0.15, 0.2) is 11.0 Å². The van der Waals surface area contributed by atoms with Gasteiger partial charge in [-0.2, -0.15) is 4.98 Å². The van der Waals surface area contributed by atoms with Crippen LogP contribution in [0.15, 0.2) is 22.1 Å². The first-order chi connectivity index (χ1) is 9.36. The molecule has 0 atom stereocenters. The van der Waals surface area contributed by atoms with Crippen molar-refractivity contribution in [3.05, 3.63) is 24.1 Å². The van der Waals surface area contributed by atoms with Gasteiger partial charge >= 0.3 is 0 Å². The summed E-state index contributed by atoms with van der Waals surface area (Å²) in [7, 11) is 1.66. The zero-order valence-corrected chi connectivity index (χ0v) is 11.6. The summed E-state index contributed by atoms with van der Waals surface area (Å²) in [5, 5.41) is 4.94. The number of ether oxygens (including phenoxy) is 1. The molecule has 6 nitrogen and oxygen atoms in total. The number of methoxy groups -OCH3 is 1. The summed E-state index contributed by atoms with van der Waals surface area (Å²) in [5.41, 5.74) is 0. The van der Waals surface area contributed by atoms with Gasteiger partial charge in [-0.05, 0) is 12.8 Å². The van der Waals surface area contributed by atoms with Crippen LogP contribution in [0, 0.1) is 0 Å². The van der Waals surface area contributed by atoms with Gasteiger partial charge in [0.05, 0.1) is 12.4 Å². The molecule has 2 heterocycles. The number of nitrogens with zero attached hydrogens (tertiary/aromatic N) is 4. The number of hydrogen-bond acceptors (Lipinski definition) is 6. The molecule has 102 valence electrons. The highest BCUT2D eigenvalue weighted by atomic mass is 32.2. The third-order valence-corrected chi connectivity index (χ3v) is 3.90. The van der Waals surface area contributed by atoms with Gasteiger partial charge in [-0.3, -0.25) is 0 Å². The molecule has 1 saturated carbocycles. The number of imidazole rings is 1. The molecule has 0 amide bonds. The summed E-state index contributed by atoms with van der Waals surface area (Å²) in [6.45, 7) is 0.609. The lowest BCUT2D eigenvalue weighted by Gasteiger charge is -2.03. The average Bonchev–Trinajstić information content (AvgIpc) is 3.00. The number of hydrogen-bond donors (Lipinski definition) is 0. The second kappa shape index (κ2) is 5.75. The normalized spacial score (nSPS) is 15.0. The lowest BCUT2D eigenvalue weighted by molar-refractivity contribution is 0.199. The Morgan fingerprint density at radius 3 is 3.21 bits per heavy atom. The smallest absolute Gasteiger partial charge is 0.237 e. The SMILES string of the molecule is COCCc1noc(CSc2nccn2C2CC2)n1. The number of rotatable bonds is 7. The quantitative estimate of drug-likeness (QED) is 0.723. The molecule has 0 aliphatic heterocycles. The van der Waals surface area contributed by atoms with Gasteiger partial charge in [0.25, 0.3) is 0 Å². The molecule has 0 unspecified atom stereocenters. The van der Waals surface area contributed by atoms with Gasteiger partial charge < -0.3 is 13.8 Å². The van der Waals surface area contributed by atoms with Crippen LogP contribution in [-0.4, -0.2) is 33.4 Å². The maximum atomic E-state index is 5.20. The molecule has 1 fully saturated rings. The van der Waals surface area contributed by atoms with E-state index < -0.39 is 0 Å². The molecule has 0 N–H and O–H groups in total. The van der Waals surface area contributed by atoms with Crippen molar-refractivity contribution in [1.82, 2.24) is 19.7 Å². The predicted octanol–water partition coefficient (Wildman–Crippen LogP) is 2.08. The molecule has 1 aliphatic rings. The maximum absolute atomic E-state index is 5.20. The van der Waals surface area contributed by atoms with Crippen molar-refractivity contribution in [2.45, 2.75) is 36.2 Å². The molecule has 1 aliphatic carbocycles. The Bertz CT molecular complexity index is 535. The highest BCUT2D eigenvalue weighted by molar-refractivity contribution is 7.98. The zero-order valence-electron chi connectivity index (χ0n) is 10.8. The van der Waals surface area contributed by atoms with E-state index in [9.17, 15) is 0 Å². The molecular weight excluding hydrogens is 264 g/mol. The minimum Gasteiger partial charge on any atom is -0.384 e. The van der Waals surface area contributed by atoms with Crippen molar-refractivity contribution in [2.75, 3.05) is 13.7 Å². The van der Waals surface area contributed by atoms with Gasteiger partial charge in [-0.15, -0.1) is 0 Å². The number of thioether (sulfide) groups is 1. The van der Waals surface area contributed by atoms with Crippen LogP contribution in [-0.2, 0) is 16.9 Å². The molecule has 0 bridgehead atoms. The molecule has 2 aromatic rings. The lowest BCUT2D eigenvalue weighted by Crippen LogP contribution is -1.97. The second-order valence-electron chi connectivity index (χ2n) is 4.48. The van der Waals surface area contributed by atoms with Crippen LogP contribution in [0.5, 0.6) is 0 Å². The molecule has 2 aromatic heterocycles. The van der Waals surface area contributed by atoms with Crippen molar-refractivity contribution >= 4 is 11.8 Å². The Kier molecular flexibility index (Phi) is 3.84. The Labute approximate surface area is 115 Å². The van der Waals surface area contributed by atoms with E-state index in [-0.39, 0.29) is 0 Å². The third-order valence-electron chi connectivity index (χ3n) is 2.94. The monoisotopic (exact) mass is 280 g/mol. The third kappa shape index (κ3) is 3.16. The van der Waals surface area contributed by atoms with E-state index in [0.717, 1.165) is 5.16 Å². The fraction of sp³-hybridized carbons (Fsp3) is 0.583. The van der Waals surface area contributed by atoms with E-state index >= 15 is 0 Å². The maximum Gasteiger partial charge on any atom is 0.237 e. The first kappa shape index (κ1) is 12.7. The molecule has 19 heavy (non-hydrogen) atoms. The Hall–Kier alpha value is -1.34. The Balaban J connectivity index is 1.56. The predicted molar refractivity (Wildman–Crippen MR) is 69.9 cm³/mol. The lowest BCUT2D eigenvalue weighted by atomic mass is 10.4. The van der Waals surface area contributed by atoms with E-state index in [1.165, 1.54) is 12.8 Å². The van der Waals surface area contributed by atoms with Crippen molar-refractivity contribution in [1.29, 1.82) is 0 Å². The first-order valence-electron chi connectivity index (χ1n) is 6.33. The summed E-state index contributed by atoms with van der Waals surface area (Å²) in [4.78, 5) is 8.69. The van der Waals surface area contributed by atoms with Gasteiger partial charge in [-0.25, -0.2) is 4.98 Å². The fourth-order valence-corrected chi connectivity index (χ4v) is 2.68. The summed E-state index contributed by atoms with van der Waals surface area (Å²) in [6.07, 6.45) is 7.08. The van der Waals surface area contributed by atoms with Crippen molar-refractivity contribution in [3.63, 3.8) is 0 Å². The van der Waals surface area contributed by atoms with E-state index in [1.807, 2.05) is 12.4 Å². The van der Waals surface area contributed by atoms with Crippen LogP contribution < -0.4 is 0 Å². The topological polar surface area (TPSA) is 66.0 Å². The highest BCUT2D eigenvalue weighted by Gasteiger charge is 2.25. The van der Waals surface area contributed by atoms with E-state index in [2.05, 4.69) is 19.7 Å². The molecule has 3 rings (SSSR count). The molecule has 0 saturated heterocycles. The van der Waals surface area contributed by atoms with Crippen molar-refractivity contribution < 1.29 is 9.26 Å². The summed E-state index contributed by atoms with van der Waals surface area (Å²) < 4.78 is 12.4.